The van der Waals surface area contributed by atoms with Crippen LogP contribution in [-0.4, -0.2) is 50.1 Å². The van der Waals surface area contributed by atoms with Gasteiger partial charge in [-0.1, -0.05) is 29.0 Å². The van der Waals surface area contributed by atoms with E-state index in [1.54, 1.807) is 12.0 Å². The molecule has 7 heteroatoms. The number of hydrogen-bond donors (Lipinski definition) is 0. The molecule has 0 fully saturated rings. The molecule has 3 aromatic rings. The average molecular weight is 420 g/mol. The molecule has 2 aromatic carbocycles. The van der Waals surface area contributed by atoms with Crippen LogP contribution in [0.2, 0.25) is 0 Å². The lowest BCUT2D eigenvalue weighted by atomic mass is 10.0. The monoisotopic (exact) mass is 419 g/mol. The molecule has 0 saturated carbocycles. The van der Waals surface area contributed by atoms with Gasteiger partial charge in [0, 0.05) is 24.7 Å². The molecular weight excluding hydrogens is 394 g/mol. The Balaban J connectivity index is 0.00000280. The zero-order chi connectivity index (χ0) is 19.6. The second kappa shape index (κ2) is 9.37. The predicted octanol–water partition coefficient (Wildman–Crippen LogP) is 4.55. The van der Waals surface area contributed by atoms with Gasteiger partial charge in [-0.3, -0.25) is 9.69 Å². The largest absolute Gasteiger partial charge is 0.497 e. The lowest BCUT2D eigenvalue weighted by molar-refractivity contribution is 0.0984. The van der Waals surface area contributed by atoms with Crippen LogP contribution < -0.4 is 9.64 Å². The fraction of sp³-hybridized carbons (Fsp3) is 0.333. The van der Waals surface area contributed by atoms with E-state index in [0.29, 0.717) is 11.7 Å². The molecule has 1 amide bonds. The summed E-state index contributed by atoms with van der Waals surface area (Å²) in [6.45, 7) is 5.35. The Morgan fingerprint density at radius 2 is 1.86 bits per heavy atom. The summed E-state index contributed by atoms with van der Waals surface area (Å²) in [5.41, 5.74) is 3.70. The highest BCUT2D eigenvalue weighted by Gasteiger charge is 2.22. The number of thiazole rings is 1. The summed E-state index contributed by atoms with van der Waals surface area (Å²) in [5.74, 6) is 0.750. The molecule has 0 spiro atoms. The van der Waals surface area contributed by atoms with Gasteiger partial charge in [-0.2, -0.15) is 0 Å². The Bertz CT molecular complexity index is 971. The van der Waals surface area contributed by atoms with Gasteiger partial charge < -0.3 is 9.64 Å². The molecule has 0 atom stereocenters. The molecule has 0 radical (unpaired) electrons. The third-order valence-electron chi connectivity index (χ3n) is 4.44. The molecular formula is C21H26ClN3O2S. The number of anilines is 1. The summed E-state index contributed by atoms with van der Waals surface area (Å²) < 4.78 is 6.33. The van der Waals surface area contributed by atoms with E-state index in [1.807, 2.05) is 64.3 Å². The first kappa shape index (κ1) is 22.1. The highest BCUT2D eigenvalue weighted by Crippen LogP contribution is 2.32. The van der Waals surface area contributed by atoms with Crippen LogP contribution in [0.3, 0.4) is 0 Å². The number of rotatable bonds is 6. The van der Waals surface area contributed by atoms with Crippen molar-refractivity contribution in [1.82, 2.24) is 9.88 Å². The van der Waals surface area contributed by atoms with E-state index in [0.717, 1.165) is 39.2 Å². The third-order valence-corrected chi connectivity index (χ3v) is 5.50. The number of benzene rings is 2. The second-order valence-electron chi connectivity index (χ2n) is 6.91. The van der Waals surface area contributed by atoms with Gasteiger partial charge in [0.15, 0.2) is 5.13 Å². The lowest BCUT2D eigenvalue weighted by Gasteiger charge is -2.22. The van der Waals surface area contributed by atoms with Crippen molar-refractivity contribution < 1.29 is 9.53 Å². The van der Waals surface area contributed by atoms with Gasteiger partial charge in [-0.25, -0.2) is 4.98 Å². The van der Waals surface area contributed by atoms with Crippen molar-refractivity contribution in [1.29, 1.82) is 0 Å². The minimum Gasteiger partial charge on any atom is -0.497 e. The number of methoxy groups -OCH3 is 1. The van der Waals surface area contributed by atoms with E-state index >= 15 is 0 Å². The number of carbonyl (C=O) groups excluding carboxylic acids is 1. The van der Waals surface area contributed by atoms with Gasteiger partial charge in [-0.05, 0) is 51.7 Å². The van der Waals surface area contributed by atoms with E-state index in [-0.39, 0.29) is 18.3 Å². The molecule has 5 nitrogen and oxygen atoms in total. The van der Waals surface area contributed by atoms with E-state index < -0.39 is 0 Å². The van der Waals surface area contributed by atoms with Crippen LogP contribution >= 0.6 is 23.7 Å². The third kappa shape index (κ3) is 4.82. The SMILES string of the molecule is COc1ccc2sc(N(CCN(C)C)C(=O)c3ccc(C)cc3C)nc2c1.Cl. The van der Waals surface area contributed by atoms with Gasteiger partial charge in [0.1, 0.15) is 5.75 Å². The Kier molecular flexibility index (Phi) is 7.41. The van der Waals surface area contributed by atoms with E-state index in [1.165, 1.54) is 11.3 Å². The number of likely N-dealkylation sites (N-methyl/N-ethyl adjacent to an activating group) is 1. The second-order valence-corrected chi connectivity index (χ2v) is 7.92. The first-order valence-electron chi connectivity index (χ1n) is 8.87. The van der Waals surface area contributed by atoms with Crippen LogP contribution in [0.1, 0.15) is 21.5 Å². The molecule has 0 unspecified atom stereocenters. The fourth-order valence-electron chi connectivity index (χ4n) is 2.92. The molecule has 0 N–H and O–H groups in total. The zero-order valence-corrected chi connectivity index (χ0v) is 18.5. The fourth-order valence-corrected chi connectivity index (χ4v) is 3.89. The maximum Gasteiger partial charge on any atom is 0.260 e. The summed E-state index contributed by atoms with van der Waals surface area (Å²) in [6.07, 6.45) is 0. The van der Waals surface area contributed by atoms with Crippen molar-refractivity contribution >= 4 is 45.0 Å². The number of aryl methyl sites for hydroxylation is 2. The summed E-state index contributed by atoms with van der Waals surface area (Å²) in [7, 11) is 5.65. The molecule has 0 bridgehead atoms. The van der Waals surface area contributed by atoms with E-state index in [9.17, 15) is 4.79 Å². The van der Waals surface area contributed by atoms with Crippen molar-refractivity contribution in [2.24, 2.45) is 0 Å². The number of carbonyl (C=O) groups is 1. The van der Waals surface area contributed by atoms with E-state index in [4.69, 9.17) is 9.72 Å². The topological polar surface area (TPSA) is 45.7 Å². The van der Waals surface area contributed by atoms with Crippen molar-refractivity contribution in [3.63, 3.8) is 0 Å². The lowest BCUT2D eigenvalue weighted by Crippen LogP contribution is -2.37. The number of fused-ring (bicyclic) bond motifs is 1. The van der Waals surface area contributed by atoms with Gasteiger partial charge >= 0.3 is 0 Å². The first-order chi connectivity index (χ1) is 12.9. The normalized spacial score (nSPS) is 10.8. The minimum atomic E-state index is -0.0135. The molecule has 0 aliphatic heterocycles. The Labute approximate surface area is 176 Å². The highest BCUT2D eigenvalue weighted by atomic mass is 35.5. The molecule has 28 heavy (non-hydrogen) atoms. The van der Waals surface area contributed by atoms with Gasteiger partial charge in [0.2, 0.25) is 0 Å². The highest BCUT2D eigenvalue weighted by molar-refractivity contribution is 7.22. The van der Waals surface area contributed by atoms with Gasteiger partial charge in [-0.15, -0.1) is 12.4 Å². The van der Waals surface area contributed by atoms with Crippen LogP contribution in [0.25, 0.3) is 10.2 Å². The van der Waals surface area contributed by atoms with Crippen LogP contribution in [-0.2, 0) is 0 Å². The van der Waals surface area contributed by atoms with Crippen LogP contribution in [0, 0.1) is 13.8 Å². The average Bonchev–Trinajstić information content (AvgIpc) is 3.04. The van der Waals surface area contributed by atoms with Gasteiger partial charge in [0.25, 0.3) is 5.91 Å². The quantitative estimate of drug-likeness (QED) is 0.587. The number of aromatic nitrogens is 1. The van der Waals surface area contributed by atoms with Crippen LogP contribution in [0.5, 0.6) is 5.75 Å². The molecule has 0 aliphatic rings. The van der Waals surface area contributed by atoms with Gasteiger partial charge in [0.05, 0.1) is 17.3 Å². The van der Waals surface area contributed by atoms with E-state index in [2.05, 4.69) is 4.90 Å². The number of amides is 1. The maximum absolute atomic E-state index is 13.3. The first-order valence-corrected chi connectivity index (χ1v) is 9.69. The number of hydrogen-bond acceptors (Lipinski definition) is 5. The van der Waals surface area contributed by atoms with Crippen molar-refractivity contribution in [2.75, 3.05) is 39.2 Å². The molecule has 1 heterocycles. The summed E-state index contributed by atoms with van der Waals surface area (Å²) in [5, 5.41) is 0.713. The van der Waals surface area contributed by atoms with Crippen LogP contribution in [0.4, 0.5) is 5.13 Å². The molecule has 3 rings (SSSR count). The molecule has 0 saturated heterocycles. The summed E-state index contributed by atoms with van der Waals surface area (Å²) >= 11 is 1.53. The molecule has 0 aliphatic carbocycles. The molecule has 1 aromatic heterocycles. The zero-order valence-electron chi connectivity index (χ0n) is 16.9. The number of nitrogens with zero attached hydrogens (tertiary/aromatic N) is 3. The van der Waals surface area contributed by atoms with Crippen molar-refractivity contribution in [3.8, 4) is 5.75 Å². The Morgan fingerprint density at radius 1 is 1.11 bits per heavy atom. The Morgan fingerprint density at radius 3 is 2.50 bits per heavy atom. The smallest absolute Gasteiger partial charge is 0.260 e. The maximum atomic E-state index is 13.3. The summed E-state index contributed by atoms with van der Waals surface area (Å²) in [6, 6.07) is 11.7. The Hall–Kier alpha value is -2.15. The van der Waals surface area contributed by atoms with Crippen LogP contribution in [0.15, 0.2) is 36.4 Å². The predicted molar refractivity (Wildman–Crippen MR) is 120 cm³/mol. The standard InChI is InChI=1S/C21H25N3O2S.ClH/c1-14-6-8-17(15(2)12-14)20(25)24(11-10-23(3)4)21-22-18-13-16(26-5)7-9-19(18)27-21;/h6-9,12-13H,10-11H2,1-5H3;1H. The number of ether oxygens (including phenoxy) is 1. The van der Waals surface area contributed by atoms with Crippen molar-refractivity contribution in [3.05, 3.63) is 53.1 Å². The summed E-state index contributed by atoms with van der Waals surface area (Å²) in [4.78, 5) is 21.9. The van der Waals surface area contributed by atoms with Crippen molar-refractivity contribution in [2.45, 2.75) is 13.8 Å². The molecule has 150 valence electrons. The number of halogens is 1. The minimum absolute atomic E-state index is 0.